The lowest BCUT2D eigenvalue weighted by molar-refractivity contribution is 0.102. The Labute approximate surface area is 116 Å². The van der Waals surface area contributed by atoms with E-state index in [0.29, 0.717) is 22.5 Å². The fourth-order valence-electron chi connectivity index (χ4n) is 1.90. The third-order valence-electron chi connectivity index (χ3n) is 2.99. The summed E-state index contributed by atoms with van der Waals surface area (Å²) in [6, 6.07) is 9.72. The molecule has 20 heavy (non-hydrogen) atoms. The summed E-state index contributed by atoms with van der Waals surface area (Å²) in [5, 5.41) is 2.72. The summed E-state index contributed by atoms with van der Waals surface area (Å²) in [6.45, 7) is 3.55. The maximum absolute atomic E-state index is 13.2. The van der Waals surface area contributed by atoms with Crippen molar-refractivity contribution in [2.24, 2.45) is 5.84 Å². The van der Waals surface area contributed by atoms with Crippen LogP contribution in [0.5, 0.6) is 0 Å². The number of aryl methyl sites for hydroxylation is 2. The Bertz CT molecular complexity index is 656. The summed E-state index contributed by atoms with van der Waals surface area (Å²) >= 11 is 0. The van der Waals surface area contributed by atoms with Crippen LogP contribution in [0.25, 0.3) is 0 Å². The predicted molar refractivity (Wildman–Crippen MR) is 78.1 cm³/mol. The Morgan fingerprint density at radius 2 is 1.90 bits per heavy atom. The van der Waals surface area contributed by atoms with Crippen molar-refractivity contribution in [1.29, 1.82) is 0 Å². The fourth-order valence-corrected chi connectivity index (χ4v) is 1.90. The molecule has 0 aliphatic heterocycles. The maximum Gasteiger partial charge on any atom is 0.257 e. The van der Waals surface area contributed by atoms with Crippen molar-refractivity contribution in [2.75, 3.05) is 10.7 Å². The summed E-state index contributed by atoms with van der Waals surface area (Å²) < 4.78 is 13.2. The van der Waals surface area contributed by atoms with Gasteiger partial charge in [-0.25, -0.2) is 4.39 Å². The molecule has 2 aromatic carbocycles. The van der Waals surface area contributed by atoms with Gasteiger partial charge in [0.05, 0.1) is 11.3 Å². The first-order valence-electron chi connectivity index (χ1n) is 6.16. The molecule has 2 aromatic rings. The van der Waals surface area contributed by atoms with E-state index >= 15 is 0 Å². The van der Waals surface area contributed by atoms with Crippen LogP contribution in [0.4, 0.5) is 15.8 Å². The topological polar surface area (TPSA) is 67.2 Å². The van der Waals surface area contributed by atoms with Gasteiger partial charge in [-0.3, -0.25) is 10.6 Å². The smallest absolute Gasteiger partial charge is 0.257 e. The molecule has 1 amide bonds. The normalized spacial score (nSPS) is 10.2. The van der Waals surface area contributed by atoms with Gasteiger partial charge in [0.1, 0.15) is 5.82 Å². The largest absolute Gasteiger partial charge is 0.323 e. The van der Waals surface area contributed by atoms with Crippen LogP contribution >= 0.6 is 0 Å². The molecule has 0 saturated carbocycles. The number of hydrogen-bond acceptors (Lipinski definition) is 3. The van der Waals surface area contributed by atoms with Crippen LogP contribution in [0.3, 0.4) is 0 Å². The third kappa shape index (κ3) is 2.95. The van der Waals surface area contributed by atoms with Crippen molar-refractivity contribution in [3.63, 3.8) is 0 Å². The quantitative estimate of drug-likeness (QED) is 0.595. The molecule has 0 bridgehead atoms. The van der Waals surface area contributed by atoms with Gasteiger partial charge in [0, 0.05) is 5.69 Å². The minimum atomic E-state index is -0.303. The molecule has 0 aliphatic carbocycles. The van der Waals surface area contributed by atoms with Crippen LogP contribution < -0.4 is 16.6 Å². The number of nitrogen functional groups attached to an aromatic ring is 1. The highest BCUT2D eigenvalue weighted by Gasteiger charge is 2.11. The first-order chi connectivity index (χ1) is 9.51. The molecule has 0 saturated heterocycles. The SMILES string of the molecule is Cc1ccc(C(=O)Nc2ccc(F)c(C)c2)c(NN)c1. The standard InChI is InChI=1S/C15H16FN3O/c1-9-3-5-12(14(7-9)19-17)15(20)18-11-4-6-13(16)10(2)8-11/h3-8,19H,17H2,1-2H3,(H,18,20). The van der Waals surface area contributed by atoms with Crippen molar-refractivity contribution in [2.45, 2.75) is 13.8 Å². The number of nitrogens with one attached hydrogen (secondary N) is 2. The van der Waals surface area contributed by atoms with E-state index in [1.807, 2.05) is 13.0 Å². The molecular weight excluding hydrogens is 257 g/mol. The van der Waals surface area contributed by atoms with Crippen LogP contribution in [0.15, 0.2) is 36.4 Å². The molecule has 5 heteroatoms. The van der Waals surface area contributed by atoms with Crippen LogP contribution in [0.2, 0.25) is 0 Å². The van der Waals surface area contributed by atoms with E-state index in [0.717, 1.165) is 5.56 Å². The Kier molecular flexibility index (Phi) is 4.00. The minimum Gasteiger partial charge on any atom is -0.323 e. The second-order valence-electron chi connectivity index (χ2n) is 4.61. The van der Waals surface area contributed by atoms with Crippen molar-refractivity contribution in [3.05, 3.63) is 58.9 Å². The van der Waals surface area contributed by atoms with Gasteiger partial charge in [-0.1, -0.05) is 6.07 Å². The van der Waals surface area contributed by atoms with E-state index in [-0.39, 0.29) is 11.7 Å². The number of nitrogens with two attached hydrogens (primary N) is 1. The van der Waals surface area contributed by atoms with E-state index in [9.17, 15) is 9.18 Å². The average molecular weight is 273 g/mol. The molecule has 0 aliphatic rings. The Morgan fingerprint density at radius 3 is 2.55 bits per heavy atom. The second kappa shape index (κ2) is 5.71. The zero-order chi connectivity index (χ0) is 14.7. The van der Waals surface area contributed by atoms with Gasteiger partial charge in [-0.05, 0) is 55.3 Å². The van der Waals surface area contributed by atoms with Gasteiger partial charge in [-0.2, -0.15) is 0 Å². The third-order valence-corrected chi connectivity index (χ3v) is 2.99. The number of rotatable bonds is 3. The Hall–Kier alpha value is -2.40. The van der Waals surface area contributed by atoms with Crippen LogP contribution in [-0.4, -0.2) is 5.91 Å². The molecule has 2 rings (SSSR count). The minimum absolute atomic E-state index is 0.302. The van der Waals surface area contributed by atoms with Crippen molar-refractivity contribution in [1.82, 2.24) is 0 Å². The van der Waals surface area contributed by atoms with Crippen LogP contribution in [-0.2, 0) is 0 Å². The number of benzene rings is 2. The lowest BCUT2D eigenvalue weighted by Crippen LogP contribution is -2.17. The molecule has 0 radical (unpaired) electrons. The number of halogens is 1. The zero-order valence-corrected chi connectivity index (χ0v) is 11.3. The van der Waals surface area contributed by atoms with E-state index in [1.165, 1.54) is 12.1 Å². The summed E-state index contributed by atoms with van der Waals surface area (Å²) in [7, 11) is 0. The van der Waals surface area contributed by atoms with E-state index in [2.05, 4.69) is 10.7 Å². The summed E-state index contributed by atoms with van der Waals surface area (Å²) in [5.74, 6) is 4.81. The molecule has 4 nitrogen and oxygen atoms in total. The fraction of sp³-hybridized carbons (Fsp3) is 0.133. The predicted octanol–water partition coefficient (Wildman–Crippen LogP) is 2.98. The number of carbonyl (C=O) groups excluding carboxylic acids is 1. The number of carbonyl (C=O) groups is 1. The Balaban J connectivity index is 2.25. The first-order valence-corrected chi connectivity index (χ1v) is 6.16. The van der Waals surface area contributed by atoms with Crippen LogP contribution in [0.1, 0.15) is 21.5 Å². The monoisotopic (exact) mass is 273 g/mol. The molecule has 0 unspecified atom stereocenters. The molecule has 0 spiro atoms. The summed E-state index contributed by atoms with van der Waals surface area (Å²) in [6.07, 6.45) is 0. The highest BCUT2D eigenvalue weighted by atomic mass is 19.1. The highest BCUT2D eigenvalue weighted by molar-refractivity contribution is 6.08. The number of anilines is 2. The Morgan fingerprint density at radius 1 is 1.15 bits per heavy atom. The van der Waals surface area contributed by atoms with Gasteiger partial charge in [0.25, 0.3) is 5.91 Å². The lowest BCUT2D eigenvalue weighted by atomic mass is 10.1. The molecule has 0 atom stereocenters. The number of hydrogen-bond donors (Lipinski definition) is 3. The molecule has 0 heterocycles. The van der Waals surface area contributed by atoms with E-state index < -0.39 is 0 Å². The molecule has 104 valence electrons. The van der Waals surface area contributed by atoms with Crippen molar-refractivity contribution in [3.8, 4) is 0 Å². The second-order valence-corrected chi connectivity index (χ2v) is 4.61. The van der Waals surface area contributed by atoms with Gasteiger partial charge >= 0.3 is 0 Å². The molecule has 4 N–H and O–H groups in total. The van der Waals surface area contributed by atoms with Gasteiger partial charge < -0.3 is 10.7 Å². The number of amides is 1. The van der Waals surface area contributed by atoms with Crippen molar-refractivity contribution < 1.29 is 9.18 Å². The molecular formula is C15H16FN3O. The number of hydrazine groups is 1. The van der Waals surface area contributed by atoms with Gasteiger partial charge in [0.15, 0.2) is 0 Å². The van der Waals surface area contributed by atoms with E-state index in [1.54, 1.807) is 25.1 Å². The zero-order valence-electron chi connectivity index (χ0n) is 11.3. The van der Waals surface area contributed by atoms with E-state index in [4.69, 9.17) is 5.84 Å². The lowest BCUT2D eigenvalue weighted by Gasteiger charge is -2.11. The molecule has 0 fully saturated rings. The first kappa shape index (κ1) is 14.0. The average Bonchev–Trinajstić information content (AvgIpc) is 2.42. The van der Waals surface area contributed by atoms with Gasteiger partial charge in [0.2, 0.25) is 0 Å². The highest BCUT2D eigenvalue weighted by Crippen LogP contribution is 2.19. The summed E-state index contributed by atoms with van der Waals surface area (Å²) in [4.78, 5) is 12.2. The molecule has 0 aromatic heterocycles. The van der Waals surface area contributed by atoms with Crippen molar-refractivity contribution >= 4 is 17.3 Å². The maximum atomic E-state index is 13.2. The van der Waals surface area contributed by atoms with Gasteiger partial charge in [-0.15, -0.1) is 0 Å². The summed E-state index contributed by atoms with van der Waals surface area (Å²) in [5.41, 5.74) is 5.48. The van der Waals surface area contributed by atoms with Crippen LogP contribution in [0, 0.1) is 19.7 Å².